The predicted molar refractivity (Wildman–Crippen MR) is 127 cm³/mol. The molecule has 0 radical (unpaired) electrons. The topological polar surface area (TPSA) is 27.7 Å². The predicted octanol–water partition coefficient (Wildman–Crippen LogP) is 8.01. The SMILES string of the molecule is CCCCCCCC/C=C\CCCCCCCCOCCc1ccc2c(c1)OCO2. The van der Waals surface area contributed by atoms with Gasteiger partial charge in [0, 0.05) is 6.61 Å². The van der Waals surface area contributed by atoms with Crippen LogP contribution in [0.15, 0.2) is 30.4 Å². The van der Waals surface area contributed by atoms with Crippen LogP contribution in [0.4, 0.5) is 0 Å². The van der Waals surface area contributed by atoms with Gasteiger partial charge in [-0.25, -0.2) is 0 Å². The molecule has 1 aliphatic rings. The van der Waals surface area contributed by atoms with Crippen LogP contribution in [0.3, 0.4) is 0 Å². The second-order valence-electron chi connectivity index (χ2n) is 8.49. The van der Waals surface area contributed by atoms with E-state index >= 15 is 0 Å². The molecule has 2 rings (SSSR count). The molecular formula is C27H44O3. The minimum atomic E-state index is 0.339. The number of ether oxygens (including phenoxy) is 3. The highest BCUT2D eigenvalue weighted by molar-refractivity contribution is 5.44. The van der Waals surface area contributed by atoms with Gasteiger partial charge < -0.3 is 14.2 Å². The third-order valence-corrected chi connectivity index (χ3v) is 5.77. The largest absolute Gasteiger partial charge is 0.454 e. The van der Waals surface area contributed by atoms with Crippen LogP contribution in [-0.4, -0.2) is 20.0 Å². The highest BCUT2D eigenvalue weighted by Crippen LogP contribution is 2.32. The van der Waals surface area contributed by atoms with Gasteiger partial charge in [-0.15, -0.1) is 0 Å². The van der Waals surface area contributed by atoms with Gasteiger partial charge in [0.15, 0.2) is 11.5 Å². The lowest BCUT2D eigenvalue weighted by Crippen LogP contribution is -2.00. The Morgan fingerprint density at radius 1 is 0.733 bits per heavy atom. The van der Waals surface area contributed by atoms with Crippen LogP contribution in [-0.2, 0) is 11.2 Å². The molecule has 0 spiro atoms. The maximum atomic E-state index is 5.79. The number of hydrogen-bond acceptors (Lipinski definition) is 3. The van der Waals surface area contributed by atoms with E-state index in [1.165, 1.54) is 95.5 Å². The molecule has 3 nitrogen and oxygen atoms in total. The lowest BCUT2D eigenvalue weighted by atomic mass is 10.1. The van der Waals surface area contributed by atoms with Gasteiger partial charge in [0.25, 0.3) is 0 Å². The molecule has 0 N–H and O–H groups in total. The van der Waals surface area contributed by atoms with Gasteiger partial charge in [-0.2, -0.15) is 0 Å². The number of benzene rings is 1. The average Bonchev–Trinajstić information content (AvgIpc) is 3.23. The summed E-state index contributed by atoms with van der Waals surface area (Å²) in [6.07, 6.45) is 24.6. The van der Waals surface area contributed by atoms with E-state index < -0.39 is 0 Å². The van der Waals surface area contributed by atoms with Crippen molar-refractivity contribution < 1.29 is 14.2 Å². The first-order chi connectivity index (χ1) is 14.9. The van der Waals surface area contributed by atoms with Crippen molar-refractivity contribution in [2.75, 3.05) is 20.0 Å². The van der Waals surface area contributed by atoms with Gasteiger partial charge in [0.1, 0.15) is 0 Å². The highest BCUT2D eigenvalue weighted by Gasteiger charge is 2.12. The Kier molecular flexibility index (Phi) is 14.2. The number of hydrogen-bond donors (Lipinski definition) is 0. The van der Waals surface area contributed by atoms with Gasteiger partial charge in [-0.1, -0.05) is 82.9 Å². The molecule has 0 atom stereocenters. The molecule has 0 aromatic heterocycles. The van der Waals surface area contributed by atoms with Gasteiger partial charge in [0.05, 0.1) is 6.61 Å². The molecule has 1 heterocycles. The van der Waals surface area contributed by atoms with Crippen LogP contribution in [0.2, 0.25) is 0 Å². The summed E-state index contributed by atoms with van der Waals surface area (Å²) in [4.78, 5) is 0. The minimum absolute atomic E-state index is 0.339. The fourth-order valence-electron chi connectivity index (χ4n) is 3.84. The Bertz CT molecular complexity index is 567. The van der Waals surface area contributed by atoms with Crippen molar-refractivity contribution in [3.63, 3.8) is 0 Å². The number of fused-ring (bicyclic) bond motifs is 1. The second-order valence-corrected chi connectivity index (χ2v) is 8.49. The zero-order valence-electron chi connectivity index (χ0n) is 19.3. The second kappa shape index (κ2) is 17.2. The van der Waals surface area contributed by atoms with Crippen molar-refractivity contribution in [1.82, 2.24) is 0 Å². The van der Waals surface area contributed by atoms with Crippen molar-refractivity contribution >= 4 is 0 Å². The lowest BCUT2D eigenvalue weighted by Gasteiger charge is -2.05. The Morgan fingerprint density at radius 2 is 1.37 bits per heavy atom. The van der Waals surface area contributed by atoms with Gasteiger partial charge in [-0.3, -0.25) is 0 Å². The van der Waals surface area contributed by atoms with Crippen LogP contribution in [0, 0.1) is 0 Å². The molecule has 0 saturated carbocycles. The number of allylic oxidation sites excluding steroid dienone is 2. The first kappa shape index (κ1) is 24.8. The molecule has 1 aromatic carbocycles. The molecule has 0 aliphatic carbocycles. The van der Waals surface area contributed by atoms with Crippen LogP contribution in [0.25, 0.3) is 0 Å². The maximum Gasteiger partial charge on any atom is 0.231 e. The first-order valence-corrected chi connectivity index (χ1v) is 12.5. The van der Waals surface area contributed by atoms with Crippen LogP contribution in [0.1, 0.15) is 102 Å². The molecule has 170 valence electrons. The van der Waals surface area contributed by atoms with Crippen molar-refractivity contribution in [2.45, 2.75) is 103 Å². The molecule has 0 fully saturated rings. The Hall–Kier alpha value is -1.48. The van der Waals surface area contributed by atoms with Crippen molar-refractivity contribution in [3.8, 4) is 11.5 Å². The van der Waals surface area contributed by atoms with E-state index in [-0.39, 0.29) is 0 Å². The van der Waals surface area contributed by atoms with Gasteiger partial charge in [-0.05, 0) is 56.2 Å². The van der Waals surface area contributed by atoms with Crippen molar-refractivity contribution in [1.29, 1.82) is 0 Å². The maximum absolute atomic E-state index is 5.79. The lowest BCUT2D eigenvalue weighted by molar-refractivity contribution is 0.132. The monoisotopic (exact) mass is 416 g/mol. The standard InChI is InChI=1S/C27H44O3/c1-2-3-4-5-6-7-8-9-10-11-12-13-14-15-16-17-21-28-22-20-25-18-19-26-27(23-25)30-24-29-26/h9-10,18-19,23H,2-8,11-17,20-22,24H2,1H3/b10-9-. The molecule has 0 bridgehead atoms. The summed E-state index contributed by atoms with van der Waals surface area (Å²) in [6, 6.07) is 6.15. The summed E-state index contributed by atoms with van der Waals surface area (Å²) in [6.45, 7) is 4.28. The summed E-state index contributed by atoms with van der Waals surface area (Å²) in [5.74, 6) is 1.71. The summed E-state index contributed by atoms with van der Waals surface area (Å²) < 4.78 is 16.6. The third kappa shape index (κ3) is 11.6. The average molecular weight is 417 g/mol. The fourth-order valence-corrected chi connectivity index (χ4v) is 3.84. The molecule has 0 amide bonds. The van der Waals surface area contributed by atoms with Gasteiger partial charge in [0.2, 0.25) is 6.79 Å². The molecule has 3 heteroatoms. The quantitative estimate of drug-likeness (QED) is 0.169. The van der Waals surface area contributed by atoms with E-state index in [2.05, 4.69) is 31.2 Å². The van der Waals surface area contributed by atoms with Crippen LogP contribution < -0.4 is 9.47 Å². The van der Waals surface area contributed by atoms with E-state index in [0.29, 0.717) is 6.79 Å². The van der Waals surface area contributed by atoms with Crippen LogP contribution in [0.5, 0.6) is 11.5 Å². The van der Waals surface area contributed by atoms with E-state index in [1.807, 2.05) is 6.07 Å². The number of rotatable bonds is 19. The zero-order chi connectivity index (χ0) is 21.1. The number of unbranched alkanes of at least 4 members (excludes halogenated alkanes) is 12. The molecule has 30 heavy (non-hydrogen) atoms. The Labute approximate surface area is 185 Å². The van der Waals surface area contributed by atoms with E-state index in [0.717, 1.165) is 31.1 Å². The van der Waals surface area contributed by atoms with Crippen molar-refractivity contribution in [2.24, 2.45) is 0 Å². The van der Waals surface area contributed by atoms with Crippen LogP contribution >= 0.6 is 0 Å². The van der Waals surface area contributed by atoms with Gasteiger partial charge >= 0.3 is 0 Å². The molecular weight excluding hydrogens is 372 g/mol. The zero-order valence-corrected chi connectivity index (χ0v) is 19.3. The smallest absolute Gasteiger partial charge is 0.231 e. The highest BCUT2D eigenvalue weighted by atomic mass is 16.7. The molecule has 1 aliphatic heterocycles. The normalized spacial score (nSPS) is 12.8. The Morgan fingerprint density at radius 3 is 2.10 bits per heavy atom. The molecule has 1 aromatic rings. The summed E-state index contributed by atoms with van der Waals surface area (Å²) in [5.41, 5.74) is 1.25. The molecule has 0 saturated heterocycles. The minimum Gasteiger partial charge on any atom is -0.454 e. The third-order valence-electron chi connectivity index (χ3n) is 5.77. The molecule has 0 unspecified atom stereocenters. The first-order valence-electron chi connectivity index (χ1n) is 12.5. The van der Waals surface area contributed by atoms with Crippen molar-refractivity contribution in [3.05, 3.63) is 35.9 Å². The summed E-state index contributed by atoms with van der Waals surface area (Å²) in [5, 5.41) is 0. The summed E-state index contributed by atoms with van der Waals surface area (Å²) in [7, 11) is 0. The Balaban J connectivity index is 1.29. The fraction of sp³-hybridized carbons (Fsp3) is 0.704. The summed E-state index contributed by atoms with van der Waals surface area (Å²) >= 11 is 0. The van der Waals surface area contributed by atoms with E-state index in [4.69, 9.17) is 14.2 Å². The van der Waals surface area contributed by atoms with E-state index in [1.54, 1.807) is 0 Å². The van der Waals surface area contributed by atoms with E-state index in [9.17, 15) is 0 Å².